The van der Waals surface area contributed by atoms with Gasteiger partial charge in [-0.1, -0.05) is 13.8 Å². The molecule has 0 saturated carbocycles. The molecule has 3 nitrogen and oxygen atoms in total. The van der Waals surface area contributed by atoms with Crippen LogP contribution in [-0.4, -0.2) is 25.6 Å². The zero-order valence-electron chi connectivity index (χ0n) is 9.10. The van der Waals surface area contributed by atoms with Crippen LogP contribution >= 0.6 is 0 Å². The van der Waals surface area contributed by atoms with Crippen LogP contribution < -0.4 is 0 Å². The molecule has 1 rings (SSSR count). The van der Waals surface area contributed by atoms with Crippen molar-refractivity contribution < 1.29 is 35.3 Å². The van der Waals surface area contributed by atoms with Crippen molar-refractivity contribution in [2.75, 3.05) is 7.11 Å². The zero-order valence-corrected chi connectivity index (χ0v) is 12.0. The summed E-state index contributed by atoms with van der Waals surface area (Å²) in [4.78, 5) is 10.6. The number of carbonyl (C=O) groups excluding carboxylic acids is 1. The van der Waals surface area contributed by atoms with Crippen LogP contribution in [-0.2, 0) is 35.3 Å². The molecule has 0 spiro atoms. The van der Waals surface area contributed by atoms with Crippen molar-refractivity contribution in [3.05, 3.63) is 14.0 Å². The van der Waals surface area contributed by atoms with Gasteiger partial charge in [-0.2, -0.15) is 0 Å². The van der Waals surface area contributed by atoms with E-state index in [9.17, 15) is 4.79 Å². The summed E-state index contributed by atoms with van der Waals surface area (Å²) in [5.74, 6) is 0.671. The Morgan fingerprint density at radius 3 is 2.43 bits per heavy atom. The molecule has 0 radical (unpaired) electrons. The summed E-state index contributed by atoms with van der Waals surface area (Å²) in [6.45, 7) is 5.84. The Hall–Kier alpha value is 0.278. The fraction of sp³-hybridized carbons (Fsp3) is 0.700. The molecule has 4 heteroatoms. The smallest absolute Gasteiger partial charge is 0.542 e. The van der Waals surface area contributed by atoms with Gasteiger partial charge in [-0.25, -0.2) is 6.61 Å². The molecule has 82 valence electrons. The second-order valence-electron chi connectivity index (χ2n) is 3.29. The predicted octanol–water partition coefficient (Wildman–Crippen LogP) is 1.48. The molecule has 4 atom stereocenters. The molecule has 0 aliphatic carbocycles. The fourth-order valence-electron chi connectivity index (χ4n) is 1.47. The summed E-state index contributed by atoms with van der Waals surface area (Å²) in [5.41, 5.74) is 0. The number of hydrogen-bond acceptors (Lipinski definition) is 3. The van der Waals surface area contributed by atoms with E-state index in [1.165, 1.54) is 0 Å². The van der Waals surface area contributed by atoms with Gasteiger partial charge in [-0.15, -0.1) is 5.92 Å². The second-order valence-corrected chi connectivity index (χ2v) is 3.29. The predicted molar refractivity (Wildman–Crippen MR) is 50.8 cm³/mol. The van der Waals surface area contributed by atoms with E-state index in [2.05, 4.69) is 13.8 Å². The van der Waals surface area contributed by atoms with Crippen molar-refractivity contribution in [2.24, 2.45) is 11.8 Å². The molecule has 0 aromatic rings. The van der Waals surface area contributed by atoms with Gasteiger partial charge in [0.2, 0.25) is 0 Å². The summed E-state index contributed by atoms with van der Waals surface area (Å²) in [5, 5.41) is 0. The fourth-order valence-corrected chi connectivity index (χ4v) is 1.47. The second kappa shape index (κ2) is 7.55. The van der Waals surface area contributed by atoms with Crippen LogP contribution in [0.4, 0.5) is 0 Å². The molecule has 0 amide bonds. The summed E-state index contributed by atoms with van der Waals surface area (Å²) in [6.07, 6.45) is 0.260. The number of hydrogen-bond donors (Lipinski definition) is 0. The van der Waals surface area contributed by atoms with Gasteiger partial charge in [0, 0.05) is 7.11 Å². The van der Waals surface area contributed by atoms with Crippen molar-refractivity contribution in [2.45, 2.75) is 26.1 Å². The van der Waals surface area contributed by atoms with E-state index in [-0.39, 0.29) is 34.6 Å². The van der Waals surface area contributed by atoms with Crippen LogP contribution in [0.25, 0.3) is 0 Å². The van der Waals surface area contributed by atoms with E-state index >= 15 is 0 Å². The minimum Gasteiger partial charge on any atom is -0.542 e. The SMILES string of the molecule is COC1C(C=O)O[CH-]C(C)C1C.[CH3-].[W+2]. The van der Waals surface area contributed by atoms with Gasteiger partial charge in [-0.05, 0) is 5.92 Å². The number of ether oxygens (including phenoxy) is 2. The Morgan fingerprint density at radius 1 is 1.43 bits per heavy atom. The number of rotatable bonds is 2. The molecular formula is C10H18O3W. The third-order valence-corrected chi connectivity index (χ3v) is 2.53. The molecule has 1 aliphatic rings. The maximum atomic E-state index is 10.6. The van der Waals surface area contributed by atoms with Crippen molar-refractivity contribution in [3.8, 4) is 0 Å². The molecular weight excluding hydrogens is 352 g/mol. The number of methoxy groups -OCH3 is 1. The van der Waals surface area contributed by atoms with Gasteiger partial charge in [-0.3, -0.25) is 0 Å². The van der Waals surface area contributed by atoms with E-state index in [4.69, 9.17) is 9.47 Å². The van der Waals surface area contributed by atoms with E-state index in [1.807, 2.05) is 0 Å². The third kappa shape index (κ3) is 3.45. The maximum Gasteiger partial charge on any atom is 2.00 e. The molecule has 1 saturated heterocycles. The van der Waals surface area contributed by atoms with Crippen LogP contribution in [0.1, 0.15) is 13.8 Å². The summed E-state index contributed by atoms with van der Waals surface area (Å²) < 4.78 is 10.4. The standard InChI is InChI=1S/C9H15O3.CH3.W/c1-6-5-12-8(4-10)9(11-3)7(6)2;;/h4-9H,1-3H3;1H3;/q2*-1;+2. The summed E-state index contributed by atoms with van der Waals surface area (Å²) >= 11 is 0. The first-order valence-corrected chi connectivity index (χ1v) is 4.17. The van der Waals surface area contributed by atoms with Crippen molar-refractivity contribution >= 4 is 6.29 Å². The first-order valence-electron chi connectivity index (χ1n) is 4.17. The maximum absolute atomic E-state index is 10.6. The van der Waals surface area contributed by atoms with Gasteiger partial charge in [0.1, 0.15) is 12.4 Å². The van der Waals surface area contributed by atoms with Crippen LogP contribution in [0.2, 0.25) is 0 Å². The molecule has 1 aliphatic heterocycles. The third-order valence-electron chi connectivity index (χ3n) is 2.53. The summed E-state index contributed by atoms with van der Waals surface area (Å²) in [6, 6.07) is 0. The molecule has 0 aromatic carbocycles. The Kier molecular flexibility index (Phi) is 9.01. The minimum atomic E-state index is -0.429. The van der Waals surface area contributed by atoms with Crippen LogP contribution in [0, 0.1) is 25.9 Å². The molecule has 0 aromatic heterocycles. The number of carbonyl (C=O) groups is 1. The Balaban J connectivity index is 0. The van der Waals surface area contributed by atoms with Crippen molar-refractivity contribution in [1.29, 1.82) is 0 Å². The van der Waals surface area contributed by atoms with E-state index < -0.39 is 6.10 Å². The molecule has 1 fully saturated rings. The van der Waals surface area contributed by atoms with E-state index in [0.29, 0.717) is 11.8 Å². The minimum absolute atomic E-state index is 0. The first kappa shape index (κ1) is 16.7. The molecule has 4 unspecified atom stereocenters. The topological polar surface area (TPSA) is 35.5 Å². The molecule has 0 N–H and O–H groups in total. The Labute approximate surface area is 101 Å². The normalized spacial score (nSPS) is 36.5. The van der Waals surface area contributed by atoms with Crippen molar-refractivity contribution in [3.63, 3.8) is 0 Å². The van der Waals surface area contributed by atoms with E-state index in [1.54, 1.807) is 13.7 Å². The van der Waals surface area contributed by atoms with Crippen LogP contribution in [0.15, 0.2) is 0 Å². The largest absolute Gasteiger partial charge is 2.00 e. The van der Waals surface area contributed by atoms with Gasteiger partial charge >= 0.3 is 21.1 Å². The van der Waals surface area contributed by atoms with Crippen LogP contribution in [0.5, 0.6) is 0 Å². The zero-order chi connectivity index (χ0) is 9.14. The Bertz CT molecular complexity index is 163. The number of aldehydes is 1. The van der Waals surface area contributed by atoms with E-state index in [0.717, 1.165) is 6.29 Å². The Morgan fingerprint density at radius 2 is 2.00 bits per heavy atom. The van der Waals surface area contributed by atoms with Gasteiger partial charge < -0.3 is 21.7 Å². The average Bonchev–Trinajstić information content (AvgIpc) is 2.09. The average molecular weight is 370 g/mol. The summed E-state index contributed by atoms with van der Waals surface area (Å²) in [7, 11) is 1.61. The molecule has 1 heterocycles. The first-order chi connectivity index (χ1) is 5.70. The quantitative estimate of drug-likeness (QED) is 0.546. The molecule has 0 bridgehead atoms. The van der Waals surface area contributed by atoms with Crippen molar-refractivity contribution in [1.82, 2.24) is 0 Å². The van der Waals surface area contributed by atoms with Gasteiger partial charge in [0.25, 0.3) is 0 Å². The van der Waals surface area contributed by atoms with Gasteiger partial charge in [0.05, 0.1) is 6.10 Å². The van der Waals surface area contributed by atoms with Gasteiger partial charge in [0.15, 0.2) is 0 Å². The monoisotopic (exact) mass is 370 g/mol. The molecule has 14 heavy (non-hydrogen) atoms. The van der Waals surface area contributed by atoms with Crippen LogP contribution in [0.3, 0.4) is 0 Å².